The maximum atomic E-state index is 13.2. The Balaban J connectivity index is 1.72. The van der Waals surface area contributed by atoms with Gasteiger partial charge in [0.25, 0.3) is 5.91 Å². The molecule has 4 rings (SSSR count). The summed E-state index contributed by atoms with van der Waals surface area (Å²) in [6, 6.07) is 8.15. The molecule has 3 atom stereocenters. The minimum absolute atomic E-state index is 0.0172. The van der Waals surface area contributed by atoms with Crippen LogP contribution in [0.15, 0.2) is 30.5 Å². The molecule has 2 aliphatic rings. The average molecular weight is 314 g/mol. The zero-order valence-corrected chi connectivity index (χ0v) is 13.6. The number of hydrogen-bond donors (Lipinski definition) is 0. The summed E-state index contributed by atoms with van der Waals surface area (Å²) in [5, 5.41) is 1.01. The number of para-hydroxylation sites is 1. The van der Waals surface area contributed by atoms with Gasteiger partial charge in [0, 0.05) is 37.8 Å². The van der Waals surface area contributed by atoms with Gasteiger partial charge in [-0.05, 0) is 18.9 Å². The Hall–Kier alpha value is -1.85. The second-order valence-corrected chi connectivity index (χ2v) is 6.42. The van der Waals surface area contributed by atoms with Crippen LogP contribution in [0.3, 0.4) is 0 Å². The highest BCUT2D eigenvalue weighted by atomic mass is 16.5. The fraction of sp³-hybridized carbons (Fsp3) is 0.500. The Morgan fingerprint density at radius 3 is 2.96 bits per heavy atom. The molecule has 0 spiro atoms. The summed E-state index contributed by atoms with van der Waals surface area (Å²) in [5.74, 6) is 0.0833. The lowest BCUT2D eigenvalue weighted by atomic mass is 10.1. The van der Waals surface area contributed by atoms with Crippen LogP contribution in [0.2, 0.25) is 0 Å². The molecule has 5 nitrogen and oxygen atoms in total. The molecule has 5 heteroatoms. The average Bonchev–Trinajstić information content (AvgIpc) is 3.05. The van der Waals surface area contributed by atoms with Crippen LogP contribution in [0.4, 0.5) is 0 Å². The van der Waals surface area contributed by atoms with Gasteiger partial charge in [0.15, 0.2) is 0 Å². The zero-order valence-electron chi connectivity index (χ0n) is 13.6. The van der Waals surface area contributed by atoms with E-state index in [1.54, 1.807) is 7.11 Å². The largest absolute Gasteiger partial charge is 0.377 e. The van der Waals surface area contributed by atoms with Crippen LogP contribution < -0.4 is 0 Å². The maximum Gasteiger partial charge on any atom is 0.256 e. The Bertz CT molecular complexity index is 739. The van der Waals surface area contributed by atoms with Gasteiger partial charge >= 0.3 is 0 Å². The van der Waals surface area contributed by atoms with Crippen molar-refractivity contribution >= 4 is 16.8 Å². The number of nitrogens with zero attached hydrogens (tertiary/aromatic N) is 2. The standard InChI is InChI=1S/C18H22N2O3/c1-19-11-13(12-5-3-4-6-14(12)19)18(21)20-9-10-23-16-8-7-15(20)17(16)22-2/h3-6,11,15-17H,7-10H2,1-2H3/t15-,16-,17+/m1/s1. The third kappa shape index (κ3) is 2.26. The van der Waals surface area contributed by atoms with Gasteiger partial charge in [0.2, 0.25) is 0 Å². The minimum atomic E-state index is -0.0172. The lowest BCUT2D eigenvalue weighted by molar-refractivity contribution is -0.0316. The van der Waals surface area contributed by atoms with Gasteiger partial charge in [-0.3, -0.25) is 4.79 Å². The number of amides is 1. The fourth-order valence-corrected chi connectivity index (χ4v) is 4.12. The molecule has 1 saturated carbocycles. The van der Waals surface area contributed by atoms with Gasteiger partial charge < -0.3 is 18.9 Å². The highest BCUT2D eigenvalue weighted by molar-refractivity contribution is 6.07. The molecule has 0 radical (unpaired) electrons. The van der Waals surface area contributed by atoms with E-state index in [2.05, 4.69) is 0 Å². The summed E-state index contributed by atoms with van der Waals surface area (Å²) in [4.78, 5) is 15.2. The number of ether oxygens (including phenoxy) is 2. The predicted molar refractivity (Wildman–Crippen MR) is 87.5 cm³/mol. The number of hydrogen-bond acceptors (Lipinski definition) is 3. The number of benzene rings is 1. The Labute approximate surface area is 135 Å². The first-order valence-corrected chi connectivity index (χ1v) is 8.20. The van der Waals surface area contributed by atoms with Crippen molar-refractivity contribution in [2.24, 2.45) is 7.05 Å². The number of carbonyl (C=O) groups excluding carboxylic acids is 1. The molecule has 122 valence electrons. The SMILES string of the molecule is CO[C@H]1[C@H]2CC[C@H]1OCCN2C(=O)c1cn(C)c2ccccc12. The maximum absolute atomic E-state index is 13.2. The van der Waals surface area contributed by atoms with Gasteiger partial charge in [0.1, 0.15) is 6.10 Å². The normalized spacial score (nSPS) is 27.4. The van der Waals surface area contributed by atoms with E-state index in [-0.39, 0.29) is 24.2 Å². The number of rotatable bonds is 2. The molecule has 1 aromatic heterocycles. The van der Waals surface area contributed by atoms with Gasteiger partial charge in [-0.2, -0.15) is 0 Å². The number of carbonyl (C=O) groups is 1. The van der Waals surface area contributed by atoms with E-state index < -0.39 is 0 Å². The Morgan fingerprint density at radius 1 is 1.30 bits per heavy atom. The van der Waals surface area contributed by atoms with Gasteiger partial charge in [-0.1, -0.05) is 18.2 Å². The van der Waals surface area contributed by atoms with Crippen LogP contribution >= 0.6 is 0 Å². The topological polar surface area (TPSA) is 43.7 Å². The Kier molecular flexibility index (Phi) is 3.62. The van der Waals surface area contributed by atoms with Crippen molar-refractivity contribution in [2.75, 3.05) is 20.3 Å². The summed E-state index contributed by atoms with van der Waals surface area (Å²) < 4.78 is 13.5. The van der Waals surface area contributed by atoms with Crippen molar-refractivity contribution in [1.82, 2.24) is 9.47 Å². The van der Waals surface area contributed by atoms with Crippen molar-refractivity contribution in [2.45, 2.75) is 31.1 Å². The molecule has 2 bridgehead atoms. The second kappa shape index (κ2) is 5.65. The predicted octanol–water partition coefficient (Wildman–Crippen LogP) is 2.20. The van der Waals surface area contributed by atoms with Crippen molar-refractivity contribution in [1.29, 1.82) is 0 Å². The summed E-state index contributed by atoms with van der Waals surface area (Å²) >= 11 is 0. The van der Waals surface area contributed by atoms with E-state index in [0.717, 1.165) is 29.3 Å². The number of aromatic nitrogens is 1. The summed E-state index contributed by atoms with van der Waals surface area (Å²) in [6.07, 6.45) is 3.95. The van der Waals surface area contributed by atoms with Gasteiger partial charge in [-0.15, -0.1) is 0 Å². The number of fused-ring (bicyclic) bond motifs is 3. The highest BCUT2D eigenvalue weighted by Gasteiger charge is 2.44. The first-order chi connectivity index (χ1) is 11.2. The van der Waals surface area contributed by atoms with Crippen molar-refractivity contribution in [3.8, 4) is 0 Å². The van der Waals surface area contributed by atoms with E-state index in [1.807, 2.05) is 47.0 Å². The van der Waals surface area contributed by atoms with E-state index >= 15 is 0 Å². The summed E-state index contributed by atoms with van der Waals surface area (Å²) in [7, 11) is 3.69. The third-order valence-electron chi connectivity index (χ3n) is 5.22. The molecule has 2 fully saturated rings. The summed E-state index contributed by atoms with van der Waals surface area (Å²) in [5.41, 5.74) is 1.85. The molecular formula is C18H22N2O3. The molecule has 1 aliphatic carbocycles. The molecular weight excluding hydrogens is 292 g/mol. The molecule has 1 saturated heterocycles. The van der Waals surface area contributed by atoms with Crippen LogP contribution in [0.5, 0.6) is 0 Å². The number of methoxy groups -OCH3 is 1. The number of aryl methyl sites for hydroxylation is 1. The van der Waals surface area contributed by atoms with Crippen molar-refractivity contribution in [3.05, 3.63) is 36.0 Å². The molecule has 1 aliphatic heterocycles. The quantitative estimate of drug-likeness (QED) is 0.853. The van der Waals surface area contributed by atoms with Gasteiger partial charge in [-0.25, -0.2) is 0 Å². The van der Waals surface area contributed by atoms with Crippen LogP contribution in [-0.2, 0) is 16.5 Å². The summed E-state index contributed by atoms with van der Waals surface area (Å²) in [6.45, 7) is 1.21. The van der Waals surface area contributed by atoms with Gasteiger partial charge in [0.05, 0.1) is 24.3 Å². The lowest BCUT2D eigenvalue weighted by Crippen LogP contribution is -2.46. The first kappa shape index (κ1) is 14.7. The molecule has 2 aromatic rings. The second-order valence-electron chi connectivity index (χ2n) is 6.42. The monoisotopic (exact) mass is 314 g/mol. The zero-order chi connectivity index (χ0) is 16.0. The first-order valence-electron chi connectivity index (χ1n) is 8.20. The smallest absolute Gasteiger partial charge is 0.256 e. The Morgan fingerprint density at radius 2 is 2.13 bits per heavy atom. The fourth-order valence-electron chi connectivity index (χ4n) is 4.12. The van der Waals surface area contributed by atoms with Crippen molar-refractivity contribution < 1.29 is 14.3 Å². The molecule has 0 unspecified atom stereocenters. The van der Waals surface area contributed by atoms with Crippen molar-refractivity contribution in [3.63, 3.8) is 0 Å². The van der Waals surface area contributed by atoms with Crippen LogP contribution in [-0.4, -0.2) is 53.9 Å². The minimum Gasteiger partial charge on any atom is -0.377 e. The molecule has 2 heterocycles. The van der Waals surface area contributed by atoms with E-state index in [9.17, 15) is 4.79 Å². The highest BCUT2D eigenvalue weighted by Crippen LogP contribution is 2.33. The molecule has 1 amide bonds. The molecule has 0 N–H and O–H groups in total. The van der Waals surface area contributed by atoms with Crippen LogP contribution in [0.1, 0.15) is 23.2 Å². The molecule has 1 aromatic carbocycles. The van der Waals surface area contributed by atoms with Crippen LogP contribution in [0, 0.1) is 0 Å². The third-order valence-corrected chi connectivity index (χ3v) is 5.22. The van der Waals surface area contributed by atoms with Crippen LogP contribution in [0.25, 0.3) is 10.9 Å². The lowest BCUT2D eigenvalue weighted by Gasteiger charge is -2.30. The molecule has 23 heavy (non-hydrogen) atoms. The van der Waals surface area contributed by atoms with E-state index in [1.165, 1.54) is 0 Å². The van der Waals surface area contributed by atoms with E-state index in [4.69, 9.17) is 9.47 Å². The van der Waals surface area contributed by atoms with E-state index in [0.29, 0.717) is 13.2 Å².